The van der Waals surface area contributed by atoms with Crippen molar-refractivity contribution in [3.05, 3.63) is 0 Å². The van der Waals surface area contributed by atoms with Crippen molar-refractivity contribution in [2.75, 3.05) is 19.6 Å². The van der Waals surface area contributed by atoms with Crippen molar-refractivity contribution in [2.24, 2.45) is 5.41 Å². The summed E-state index contributed by atoms with van der Waals surface area (Å²) >= 11 is 0. The number of halogens is 2. The first kappa shape index (κ1) is 15.0. The van der Waals surface area contributed by atoms with Crippen molar-refractivity contribution in [2.45, 2.75) is 26.8 Å². The summed E-state index contributed by atoms with van der Waals surface area (Å²) in [5.41, 5.74) is 0.396. The Morgan fingerprint density at radius 3 is 1.92 bits per heavy atom. The lowest BCUT2D eigenvalue weighted by Gasteiger charge is -2.35. The third-order valence-electron chi connectivity index (χ3n) is 2.09. The molecule has 0 aromatic heterocycles. The van der Waals surface area contributed by atoms with Crippen molar-refractivity contribution < 1.29 is 0 Å². The topological polar surface area (TPSA) is 24.1 Å². The van der Waals surface area contributed by atoms with Gasteiger partial charge in [-0.2, -0.15) is 0 Å². The first-order valence-corrected chi connectivity index (χ1v) is 4.05. The maximum atomic E-state index is 3.50. The highest BCUT2D eigenvalue weighted by Gasteiger charge is 2.24. The average molecular weight is 215 g/mol. The molecule has 2 nitrogen and oxygen atoms in total. The highest BCUT2D eigenvalue weighted by Crippen LogP contribution is 2.19. The van der Waals surface area contributed by atoms with Gasteiger partial charge in [0.2, 0.25) is 0 Å². The molecule has 0 spiro atoms. The molecule has 76 valence electrons. The van der Waals surface area contributed by atoms with Crippen LogP contribution >= 0.6 is 24.8 Å². The minimum absolute atomic E-state index is 0. The molecular weight excluding hydrogens is 195 g/mol. The Labute approximate surface area is 87.7 Å². The van der Waals surface area contributed by atoms with E-state index < -0.39 is 0 Å². The van der Waals surface area contributed by atoms with E-state index in [0.29, 0.717) is 11.5 Å². The molecule has 4 heteroatoms. The standard InChI is InChI=1S/C8H18N2.2ClH/c1-8(2,3)7-6-9-4-5-10-7;;/h7,9-10H,4-6H2,1-3H3;2*1H/t7-;;/m0../s1. The second-order valence-corrected chi connectivity index (χ2v) is 4.08. The first-order chi connectivity index (χ1) is 4.61. The van der Waals surface area contributed by atoms with Crippen molar-refractivity contribution in [1.82, 2.24) is 10.6 Å². The van der Waals surface area contributed by atoms with Crippen LogP contribution in [0.1, 0.15) is 20.8 Å². The van der Waals surface area contributed by atoms with Gasteiger partial charge in [0.05, 0.1) is 0 Å². The number of hydrogen-bond acceptors (Lipinski definition) is 2. The monoisotopic (exact) mass is 214 g/mol. The zero-order valence-corrected chi connectivity index (χ0v) is 9.65. The van der Waals surface area contributed by atoms with Crippen molar-refractivity contribution in [1.29, 1.82) is 0 Å². The van der Waals surface area contributed by atoms with Gasteiger partial charge in [0, 0.05) is 25.7 Å². The number of nitrogens with one attached hydrogen (secondary N) is 2. The molecule has 1 atom stereocenters. The van der Waals surface area contributed by atoms with E-state index in [9.17, 15) is 0 Å². The fourth-order valence-electron chi connectivity index (χ4n) is 1.27. The molecule has 1 heterocycles. The molecule has 0 radical (unpaired) electrons. The third-order valence-corrected chi connectivity index (χ3v) is 2.09. The van der Waals surface area contributed by atoms with Gasteiger partial charge in [0.1, 0.15) is 0 Å². The fourth-order valence-corrected chi connectivity index (χ4v) is 1.27. The van der Waals surface area contributed by atoms with Crippen LogP contribution in [0.15, 0.2) is 0 Å². The van der Waals surface area contributed by atoms with Crippen LogP contribution in [0.3, 0.4) is 0 Å². The van der Waals surface area contributed by atoms with E-state index in [-0.39, 0.29) is 24.8 Å². The zero-order chi connectivity index (χ0) is 7.61. The predicted octanol–water partition coefficient (Wildman–Crippen LogP) is 1.44. The van der Waals surface area contributed by atoms with E-state index in [4.69, 9.17) is 0 Å². The summed E-state index contributed by atoms with van der Waals surface area (Å²) < 4.78 is 0. The molecule has 1 rings (SSSR count). The van der Waals surface area contributed by atoms with Gasteiger partial charge < -0.3 is 10.6 Å². The molecule has 0 aromatic carbocycles. The van der Waals surface area contributed by atoms with E-state index >= 15 is 0 Å². The summed E-state index contributed by atoms with van der Waals surface area (Å²) in [5, 5.41) is 6.88. The molecule has 0 aliphatic carbocycles. The maximum absolute atomic E-state index is 3.50. The zero-order valence-electron chi connectivity index (χ0n) is 8.02. The third kappa shape index (κ3) is 4.51. The molecule has 1 aliphatic rings. The van der Waals surface area contributed by atoms with Gasteiger partial charge in [-0.25, -0.2) is 0 Å². The van der Waals surface area contributed by atoms with E-state index in [1.54, 1.807) is 0 Å². The van der Waals surface area contributed by atoms with Crippen LogP contribution in [0.2, 0.25) is 0 Å². The van der Waals surface area contributed by atoms with Gasteiger partial charge in [-0.05, 0) is 5.41 Å². The van der Waals surface area contributed by atoms with Crippen LogP contribution < -0.4 is 10.6 Å². The summed E-state index contributed by atoms with van der Waals surface area (Å²) in [5.74, 6) is 0. The van der Waals surface area contributed by atoms with Gasteiger partial charge in [-0.3, -0.25) is 0 Å². The van der Waals surface area contributed by atoms with E-state index in [1.807, 2.05) is 0 Å². The van der Waals surface area contributed by atoms with E-state index in [1.165, 1.54) is 0 Å². The second kappa shape index (κ2) is 6.03. The Bertz CT molecular complexity index is 106. The molecule has 2 N–H and O–H groups in total. The number of piperazine rings is 1. The number of rotatable bonds is 0. The SMILES string of the molecule is CC(C)(C)[C@@H]1CNCCN1.Cl.Cl. The fraction of sp³-hybridized carbons (Fsp3) is 1.00. The first-order valence-electron chi connectivity index (χ1n) is 4.05. The Morgan fingerprint density at radius 1 is 1.08 bits per heavy atom. The summed E-state index contributed by atoms with van der Waals surface area (Å²) in [4.78, 5) is 0. The minimum Gasteiger partial charge on any atom is -0.314 e. The molecule has 0 bridgehead atoms. The van der Waals surface area contributed by atoms with E-state index in [0.717, 1.165) is 19.6 Å². The maximum Gasteiger partial charge on any atom is 0.0241 e. The minimum atomic E-state index is 0. The van der Waals surface area contributed by atoms with Crippen LogP contribution in [0, 0.1) is 5.41 Å². The normalized spacial score (nSPS) is 23.8. The van der Waals surface area contributed by atoms with Crippen LogP contribution in [0.4, 0.5) is 0 Å². The molecule has 0 amide bonds. The Morgan fingerprint density at radius 2 is 1.67 bits per heavy atom. The van der Waals surface area contributed by atoms with Crippen LogP contribution in [-0.2, 0) is 0 Å². The quantitative estimate of drug-likeness (QED) is 0.638. The molecular formula is C8H20Cl2N2. The Kier molecular flexibility index (Phi) is 7.54. The Balaban J connectivity index is 0. The van der Waals surface area contributed by atoms with Gasteiger partial charge >= 0.3 is 0 Å². The van der Waals surface area contributed by atoms with Crippen molar-refractivity contribution >= 4 is 24.8 Å². The Hall–Kier alpha value is 0.500. The molecule has 1 fully saturated rings. The summed E-state index contributed by atoms with van der Waals surface area (Å²) in [6.45, 7) is 10.2. The predicted molar refractivity (Wildman–Crippen MR) is 58.6 cm³/mol. The van der Waals surface area contributed by atoms with Crippen LogP contribution in [0.25, 0.3) is 0 Å². The van der Waals surface area contributed by atoms with Crippen LogP contribution in [0.5, 0.6) is 0 Å². The van der Waals surface area contributed by atoms with Gasteiger partial charge in [0.15, 0.2) is 0 Å². The van der Waals surface area contributed by atoms with E-state index in [2.05, 4.69) is 31.4 Å². The number of hydrogen-bond donors (Lipinski definition) is 2. The smallest absolute Gasteiger partial charge is 0.0241 e. The molecule has 0 unspecified atom stereocenters. The largest absolute Gasteiger partial charge is 0.314 e. The molecule has 12 heavy (non-hydrogen) atoms. The summed E-state index contributed by atoms with van der Waals surface area (Å²) in [6, 6.07) is 0.640. The highest BCUT2D eigenvalue weighted by molar-refractivity contribution is 5.85. The molecule has 0 saturated carbocycles. The second-order valence-electron chi connectivity index (χ2n) is 4.08. The van der Waals surface area contributed by atoms with Gasteiger partial charge in [0.25, 0.3) is 0 Å². The van der Waals surface area contributed by atoms with Crippen molar-refractivity contribution in [3.8, 4) is 0 Å². The lowest BCUT2D eigenvalue weighted by atomic mass is 9.86. The average Bonchev–Trinajstić information content (AvgIpc) is 1.88. The van der Waals surface area contributed by atoms with Gasteiger partial charge in [-0.1, -0.05) is 20.8 Å². The van der Waals surface area contributed by atoms with Crippen LogP contribution in [-0.4, -0.2) is 25.7 Å². The molecule has 1 saturated heterocycles. The summed E-state index contributed by atoms with van der Waals surface area (Å²) in [6.07, 6.45) is 0. The molecule has 1 aliphatic heterocycles. The molecule has 0 aromatic rings. The lowest BCUT2D eigenvalue weighted by Crippen LogP contribution is -2.54. The van der Waals surface area contributed by atoms with Crippen molar-refractivity contribution in [3.63, 3.8) is 0 Å². The lowest BCUT2D eigenvalue weighted by molar-refractivity contribution is 0.239. The summed E-state index contributed by atoms with van der Waals surface area (Å²) in [7, 11) is 0. The van der Waals surface area contributed by atoms with Gasteiger partial charge in [-0.15, -0.1) is 24.8 Å². The highest BCUT2D eigenvalue weighted by atomic mass is 35.5.